The number of hydrogen-bond acceptors (Lipinski definition) is 0. The summed E-state index contributed by atoms with van der Waals surface area (Å²) in [7, 11) is 11.4. The van der Waals surface area contributed by atoms with E-state index >= 15 is 0 Å². The molecule has 0 aliphatic rings. The summed E-state index contributed by atoms with van der Waals surface area (Å²) in [6, 6.07) is 8.70. The Morgan fingerprint density at radius 3 is 1.94 bits per heavy atom. The Bertz CT molecular complexity index is 383. The van der Waals surface area contributed by atoms with Crippen LogP contribution in [0.3, 0.4) is 0 Å². The normalized spacial score (nSPS) is 12.5. The molecule has 0 saturated carbocycles. The predicted molar refractivity (Wildman–Crippen MR) is 80.1 cm³/mol. The lowest BCUT2D eigenvalue weighted by Crippen LogP contribution is -2.48. The molecule has 0 bridgehead atoms. The first-order chi connectivity index (χ1) is 8.22. The second-order valence-corrected chi connectivity index (χ2v) is 6.78. The Balaban J connectivity index is 2.60. The van der Waals surface area contributed by atoms with Crippen molar-refractivity contribution in [1.29, 1.82) is 0 Å². The molecule has 1 aromatic rings. The van der Waals surface area contributed by atoms with Gasteiger partial charge in [-0.15, -0.1) is 0 Å². The van der Waals surface area contributed by atoms with Crippen molar-refractivity contribution in [2.75, 3.05) is 48.3 Å². The van der Waals surface area contributed by atoms with Gasteiger partial charge in [0.25, 0.3) is 0 Å². The Morgan fingerprint density at radius 2 is 1.50 bits per heavy atom. The van der Waals surface area contributed by atoms with E-state index in [-0.39, 0.29) is 0 Å². The van der Waals surface area contributed by atoms with Crippen LogP contribution in [0.4, 0.5) is 0 Å². The Labute approximate surface area is 112 Å². The molecule has 0 unspecified atom stereocenters. The number of quaternary nitrogens is 2. The summed E-state index contributed by atoms with van der Waals surface area (Å²) in [5.74, 6) is 0. The van der Waals surface area contributed by atoms with E-state index in [1.165, 1.54) is 24.2 Å². The van der Waals surface area contributed by atoms with E-state index in [0.29, 0.717) is 0 Å². The maximum Gasteiger partial charge on any atom is 0.128 e. The number of nitrogens with zero attached hydrogens (tertiary/aromatic N) is 2. The zero-order valence-electron chi connectivity index (χ0n) is 12.6. The van der Waals surface area contributed by atoms with Crippen LogP contribution in [0.25, 0.3) is 6.08 Å². The minimum absolute atomic E-state index is 1.02. The van der Waals surface area contributed by atoms with Crippen molar-refractivity contribution in [1.82, 2.24) is 0 Å². The second kappa shape index (κ2) is 5.68. The molecule has 0 saturated heterocycles. The topological polar surface area (TPSA) is 0 Å². The lowest BCUT2D eigenvalue weighted by Gasteiger charge is -2.33. The highest BCUT2D eigenvalue weighted by Crippen LogP contribution is 2.12. The van der Waals surface area contributed by atoms with Gasteiger partial charge in [-0.3, -0.25) is 0 Å². The van der Waals surface area contributed by atoms with Crippen molar-refractivity contribution in [3.05, 3.63) is 42.0 Å². The monoisotopic (exact) mass is 248 g/mol. The van der Waals surface area contributed by atoms with Crippen LogP contribution in [0.15, 0.2) is 30.8 Å². The number of benzene rings is 1. The predicted octanol–water partition coefficient (Wildman–Crippen LogP) is 2.61. The summed E-state index contributed by atoms with van der Waals surface area (Å²) in [5.41, 5.74) is 2.59. The summed E-state index contributed by atoms with van der Waals surface area (Å²) >= 11 is 0. The first-order valence-electron chi connectivity index (χ1n) is 6.56. The fourth-order valence-electron chi connectivity index (χ4n) is 1.90. The lowest BCUT2D eigenvalue weighted by molar-refractivity contribution is -0.945. The van der Waals surface area contributed by atoms with E-state index < -0.39 is 0 Å². The molecule has 0 atom stereocenters. The van der Waals surface area contributed by atoms with Crippen molar-refractivity contribution in [2.24, 2.45) is 0 Å². The standard InChI is InChI=1S/C16H28N2/c1-7-15-8-10-16(11-9-15)14-18(5,6)13-12-17(2,3)4/h7-11H,1,12-14H2,2-6H3/q+2. The summed E-state index contributed by atoms with van der Waals surface area (Å²) in [5, 5.41) is 0. The molecule has 0 aliphatic heterocycles. The highest BCUT2D eigenvalue weighted by Gasteiger charge is 2.20. The van der Waals surface area contributed by atoms with Gasteiger partial charge in [0.2, 0.25) is 0 Å². The highest BCUT2D eigenvalue weighted by molar-refractivity contribution is 5.47. The molecular weight excluding hydrogens is 220 g/mol. The Morgan fingerprint density at radius 1 is 0.944 bits per heavy atom. The van der Waals surface area contributed by atoms with Gasteiger partial charge >= 0.3 is 0 Å². The third kappa shape index (κ3) is 5.48. The van der Waals surface area contributed by atoms with Crippen LogP contribution in [0, 0.1) is 0 Å². The smallest absolute Gasteiger partial charge is 0.128 e. The van der Waals surface area contributed by atoms with Crippen LogP contribution in [0.1, 0.15) is 11.1 Å². The van der Waals surface area contributed by atoms with Gasteiger partial charge in [0.15, 0.2) is 0 Å². The van der Waals surface area contributed by atoms with Gasteiger partial charge in [-0.25, -0.2) is 0 Å². The minimum Gasteiger partial charge on any atom is -0.326 e. The fraction of sp³-hybridized carbons (Fsp3) is 0.500. The maximum absolute atomic E-state index is 3.79. The van der Waals surface area contributed by atoms with Gasteiger partial charge in [0.05, 0.1) is 35.2 Å². The molecule has 0 aliphatic carbocycles. The summed E-state index contributed by atoms with van der Waals surface area (Å²) in [6.45, 7) is 7.25. The molecule has 0 aromatic heterocycles. The summed E-state index contributed by atoms with van der Waals surface area (Å²) in [4.78, 5) is 0. The zero-order valence-corrected chi connectivity index (χ0v) is 12.6. The van der Waals surface area contributed by atoms with Crippen LogP contribution in [0.5, 0.6) is 0 Å². The Hall–Kier alpha value is -1.12. The molecule has 0 radical (unpaired) electrons. The SMILES string of the molecule is C=Cc1ccc(C[N+](C)(C)CC[N+](C)(C)C)cc1. The third-order valence-electron chi connectivity index (χ3n) is 3.20. The molecule has 0 fully saturated rings. The van der Waals surface area contributed by atoms with Crippen LogP contribution in [0.2, 0.25) is 0 Å². The number of hydrogen-bond donors (Lipinski definition) is 0. The number of rotatable bonds is 6. The van der Waals surface area contributed by atoms with Crippen molar-refractivity contribution < 1.29 is 8.97 Å². The van der Waals surface area contributed by atoms with Crippen LogP contribution >= 0.6 is 0 Å². The third-order valence-corrected chi connectivity index (χ3v) is 3.20. The minimum atomic E-state index is 1.02. The van der Waals surface area contributed by atoms with Crippen LogP contribution in [-0.4, -0.2) is 57.3 Å². The average Bonchev–Trinajstić information content (AvgIpc) is 2.26. The van der Waals surface area contributed by atoms with Gasteiger partial charge in [-0.2, -0.15) is 0 Å². The van der Waals surface area contributed by atoms with Gasteiger partial charge in [0, 0.05) is 5.56 Å². The quantitative estimate of drug-likeness (QED) is 0.679. The van der Waals surface area contributed by atoms with E-state index in [0.717, 1.165) is 15.5 Å². The number of likely N-dealkylation sites (N-methyl/N-ethyl adjacent to an activating group) is 2. The maximum atomic E-state index is 3.79. The van der Waals surface area contributed by atoms with Crippen molar-refractivity contribution >= 4 is 6.08 Å². The van der Waals surface area contributed by atoms with E-state index in [1.54, 1.807) is 0 Å². The lowest BCUT2D eigenvalue weighted by atomic mass is 10.1. The summed E-state index contributed by atoms with van der Waals surface area (Å²) < 4.78 is 2.06. The van der Waals surface area contributed by atoms with Crippen molar-refractivity contribution in [3.8, 4) is 0 Å². The fourth-order valence-corrected chi connectivity index (χ4v) is 1.90. The molecule has 2 heteroatoms. The molecule has 0 amide bonds. The first kappa shape index (κ1) is 14.9. The van der Waals surface area contributed by atoms with Crippen molar-refractivity contribution in [3.63, 3.8) is 0 Å². The molecule has 18 heavy (non-hydrogen) atoms. The molecule has 0 spiro atoms. The highest BCUT2D eigenvalue weighted by atomic mass is 15.4. The van der Waals surface area contributed by atoms with Gasteiger partial charge < -0.3 is 8.97 Å². The molecule has 1 rings (SSSR count). The molecule has 1 aromatic carbocycles. The van der Waals surface area contributed by atoms with Gasteiger partial charge in [-0.05, 0) is 5.56 Å². The Kier molecular flexibility index (Phi) is 4.71. The van der Waals surface area contributed by atoms with Crippen LogP contribution < -0.4 is 0 Å². The largest absolute Gasteiger partial charge is 0.326 e. The first-order valence-corrected chi connectivity index (χ1v) is 6.56. The average molecular weight is 248 g/mol. The van der Waals surface area contributed by atoms with Crippen molar-refractivity contribution in [2.45, 2.75) is 6.54 Å². The van der Waals surface area contributed by atoms with Crippen LogP contribution in [-0.2, 0) is 6.54 Å². The van der Waals surface area contributed by atoms with Gasteiger partial charge in [-0.1, -0.05) is 36.9 Å². The van der Waals surface area contributed by atoms with E-state index in [1.807, 2.05) is 6.08 Å². The molecular formula is C16H28N2+2. The van der Waals surface area contributed by atoms with Gasteiger partial charge in [0.1, 0.15) is 19.6 Å². The van der Waals surface area contributed by atoms with E-state index in [9.17, 15) is 0 Å². The van der Waals surface area contributed by atoms with E-state index in [2.05, 4.69) is 66.1 Å². The molecule has 0 heterocycles. The van der Waals surface area contributed by atoms with E-state index in [4.69, 9.17) is 0 Å². The summed E-state index contributed by atoms with van der Waals surface area (Å²) in [6.07, 6.45) is 1.89. The molecule has 0 N–H and O–H groups in total. The zero-order chi connectivity index (χ0) is 13.8. The molecule has 2 nitrogen and oxygen atoms in total. The second-order valence-electron chi connectivity index (χ2n) is 6.78. The molecule has 100 valence electrons.